The Hall–Kier alpha value is -3.42. The second kappa shape index (κ2) is 10.2. The smallest absolute Gasteiger partial charge is 0.293 e. The molecule has 1 aliphatic heterocycles. The highest BCUT2D eigenvalue weighted by Gasteiger charge is 2.25. The molecule has 7 nitrogen and oxygen atoms in total. The van der Waals surface area contributed by atoms with Crippen molar-refractivity contribution < 1.29 is 14.8 Å². The van der Waals surface area contributed by atoms with E-state index in [2.05, 4.69) is 12.2 Å². The van der Waals surface area contributed by atoms with E-state index < -0.39 is 16.9 Å². The number of halogens is 1. The highest BCUT2D eigenvalue weighted by atomic mass is 35.5. The van der Waals surface area contributed by atoms with E-state index in [1.807, 2.05) is 23.1 Å². The van der Waals surface area contributed by atoms with Crippen LogP contribution >= 0.6 is 11.6 Å². The number of nitrogens with zero attached hydrogens (tertiary/aromatic N) is 2. The average Bonchev–Trinajstić information content (AvgIpc) is 2.85. The zero-order valence-electron chi connectivity index (χ0n) is 18.8. The van der Waals surface area contributed by atoms with E-state index in [0.29, 0.717) is 33.4 Å². The first-order valence-electron chi connectivity index (χ1n) is 11.2. The number of rotatable bonds is 6. The lowest BCUT2D eigenvalue weighted by Crippen LogP contribution is -2.33. The van der Waals surface area contributed by atoms with Gasteiger partial charge in [-0.25, -0.2) is 0 Å². The first kappa shape index (κ1) is 23.7. The zero-order valence-corrected chi connectivity index (χ0v) is 19.5. The molecule has 1 fully saturated rings. The summed E-state index contributed by atoms with van der Waals surface area (Å²) < 4.78 is 0. The van der Waals surface area contributed by atoms with E-state index in [9.17, 15) is 20.0 Å². The number of hydrogen-bond acceptors (Lipinski definition) is 5. The second-order valence-electron chi connectivity index (χ2n) is 8.63. The number of nitrogens with one attached hydrogen (secondary N) is 1. The van der Waals surface area contributed by atoms with E-state index in [1.54, 1.807) is 42.5 Å². The summed E-state index contributed by atoms with van der Waals surface area (Å²) in [5.41, 5.74) is 2.05. The van der Waals surface area contributed by atoms with Gasteiger partial charge in [0.1, 0.15) is 11.8 Å². The predicted octanol–water partition coefficient (Wildman–Crippen LogP) is 5.82. The molecule has 0 radical (unpaired) electrons. The van der Waals surface area contributed by atoms with Crippen LogP contribution in [0.2, 0.25) is 5.02 Å². The third-order valence-electron chi connectivity index (χ3n) is 6.23. The number of aliphatic hydroxyl groups excluding tert-OH is 1. The van der Waals surface area contributed by atoms with Crippen molar-refractivity contribution in [3.8, 4) is 0 Å². The normalized spacial score (nSPS) is 15.1. The number of anilines is 2. The molecule has 1 atom stereocenters. The lowest BCUT2D eigenvalue weighted by atomic mass is 9.98. The van der Waals surface area contributed by atoms with Gasteiger partial charge in [0.15, 0.2) is 0 Å². The number of nitro benzene ring substituents is 1. The molecule has 3 aromatic carbocycles. The molecular weight excluding hydrogens is 454 g/mol. The van der Waals surface area contributed by atoms with Crippen molar-refractivity contribution in [3.05, 3.63) is 98.6 Å². The Kier molecular flexibility index (Phi) is 7.14. The van der Waals surface area contributed by atoms with Crippen molar-refractivity contribution in [2.45, 2.75) is 25.9 Å². The summed E-state index contributed by atoms with van der Waals surface area (Å²) in [5, 5.41) is 25.9. The Balaban J connectivity index is 1.61. The number of carbonyl (C=O) groups excluding carboxylic acids is 1. The maximum Gasteiger partial charge on any atom is 0.293 e. The van der Waals surface area contributed by atoms with Gasteiger partial charge in [-0.2, -0.15) is 0 Å². The number of hydrogen-bond donors (Lipinski definition) is 2. The monoisotopic (exact) mass is 479 g/mol. The lowest BCUT2D eigenvalue weighted by molar-refractivity contribution is -0.384. The fraction of sp³-hybridized carbons (Fsp3) is 0.269. The van der Waals surface area contributed by atoms with Crippen LogP contribution in [0, 0.1) is 16.0 Å². The van der Waals surface area contributed by atoms with Crippen LogP contribution in [0.25, 0.3) is 0 Å². The largest absolute Gasteiger partial charge is 0.384 e. The second-order valence-corrected chi connectivity index (χ2v) is 9.07. The van der Waals surface area contributed by atoms with Gasteiger partial charge in [0.2, 0.25) is 0 Å². The number of amides is 1. The molecule has 0 bridgehead atoms. The fourth-order valence-electron chi connectivity index (χ4n) is 4.21. The van der Waals surface area contributed by atoms with Gasteiger partial charge in [-0.15, -0.1) is 0 Å². The van der Waals surface area contributed by atoms with E-state index in [1.165, 1.54) is 6.07 Å². The van der Waals surface area contributed by atoms with Crippen LogP contribution in [0.5, 0.6) is 0 Å². The molecule has 34 heavy (non-hydrogen) atoms. The number of piperidine rings is 1. The molecule has 1 saturated heterocycles. The van der Waals surface area contributed by atoms with Crippen molar-refractivity contribution >= 4 is 34.6 Å². The van der Waals surface area contributed by atoms with Crippen LogP contribution in [0.4, 0.5) is 17.1 Å². The van der Waals surface area contributed by atoms with Crippen LogP contribution in [0.1, 0.15) is 47.4 Å². The third-order valence-corrected chi connectivity index (χ3v) is 6.47. The molecule has 8 heteroatoms. The van der Waals surface area contributed by atoms with Crippen molar-refractivity contribution in [3.63, 3.8) is 0 Å². The quantitative estimate of drug-likeness (QED) is 0.343. The summed E-state index contributed by atoms with van der Waals surface area (Å²) in [7, 11) is 0. The SMILES string of the molecule is CC1CCN(c2ccc(C(=O)Nc3ccc(Cl)cc3[C@@H](O)c3ccccc3)cc2[N+](=O)[O-])CC1. The van der Waals surface area contributed by atoms with Crippen LogP contribution in [0.3, 0.4) is 0 Å². The average molecular weight is 480 g/mol. The lowest BCUT2D eigenvalue weighted by Gasteiger charge is -2.31. The van der Waals surface area contributed by atoms with Gasteiger partial charge in [0.25, 0.3) is 11.6 Å². The van der Waals surface area contributed by atoms with Crippen molar-refractivity contribution in [1.29, 1.82) is 0 Å². The van der Waals surface area contributed by atoms with Gasteiger partial charge in [0, 0.05) is 41.0 Å². The minimum Gasteiger partial charge on any atom is -0.384 e. The van der Waals surface area contributed by atoms with Crippen molar-refractivity contribution in [1.82, 2.24) is 0 Å². The molecule has 0 saturated carbocycles. The van der Waals surface area contributed by atoms with Crippen molar-refractivity contribution in [2.75, 3.05) is 23.3 Å². The number of aliphatic hydroxyl groups is 1. The maximum atomic E-state index is 13.1. The predicted molar refractivity (Wildman–Crippen MR) is 134 cm³/mol. The summed E-state index contributed by atoms with van der Waals surface area (Å²) in [5.74, 6) is 0.0888. The maximum absolute atomic E-state index is 13.1. The molecule has 4 rings (SSSR count). The first-order chi connectivity index (χ1) is 16.3. The van der Waals surface area contributed by atoms with Crippen LogP contribution in [-0.4, -0.2) is 29.0 Å². The van der Waals surface area contributed by atoms with E-state index >= 15 is 0 Å². The topological polar surface area (TPSA) is 95.7 Å². The Morgan fingerprint density at radius 3 is 2.50 bits per heavy atom. The van der Waals surface area contributed by atoms with E-state index in [4.69, 9.17) is 11.6 Å². The molecular formula is C26H26ClN3O4. The molecule has 1 heterocycles. The molecule has 0 aliphatic carbocycles. The van der Waals surface area contributed by atoms with Crippen molar-refractivity contribution in [2.24, 2.45) is 5.92 Å². The van der Waals surface area contributed by atoms with Crippen LogP contribution in [-0.2, 0) is 0 Å². The minimum atomic E-state index is -1.01. The van der Waals surface area contributed by atoms with Gasteiger partial charge >= 0.3 is 0 Å². The highest BCUT2D eigenvalue weighted by Crippen LogP contribution is 2.34. The van der Waals surface area contributed by atoms with Gasteiger partial charge in [-0.1, -0.05) is 48.9 Å². The Morgan fingerprint density at radius 2 is 1.82 bits per heavy atom. The molecule has 1 aliphatic rings. The first-order valence-corrected chi connectivity index (χ1v) is 11.6. The van der Waals surface area contributed by atoms with Crippen LogP contribution in [0.15, 0.2) is 66.7 Å². The summed E-state index contributed by atoms with van der Waals surface area (Å²) >= 11 is 6.15. The third kappa shape index (κ3) is 5.21. The van der Waals surface area contributed by atoms with Gasteiger partial charge in [-0.05, 0) is 54.7 Å². The molecule has 2 N–H and O–H groups in total. The Bertz CT molecular complexity index is 1190. The molecule has 3 aromatic rings. The minimum absolute atomic E-state index is 0.0946. The van der Waals surface area contributed by atoms with Crippen LogP contribution < -0.4 is 10.2 Å². The zero-order chi connectivity index (χ0) is 24.2. The van der Waals surface area contributed by atoms with E-state index in [-0.39, 0.29) is 11.3 Å². The molecule has 176 valence electrons. The fourth-order valence-corrected chi connectivity index (χ4v) is 4.39. The highest BCUT2D eigenvalue weighted by molar-refractivity contribution is 6.30. The Labute approximate surface area is 203 Å². The molecule has 0 unspecified atom stereocenters. The van der Waals surface area contributed by atoms with Gasteiger partial charge in [-0.3, -0.25) is 14.9 Å². The Morgan fingerprint density at radius 1 is 1.12 bits per heavy atom. The summed E-state index contributed by atoms with van der Waals surface area (Å²) in [6.07, 6.45) is 0.943. The molecule has 1 amide bonds. The summed E-state index contributed by atoms with van der Waals surface area (Å²) in [6.45, 7) is 3.68. The van der Waals surface area contributed by atoms with E-state index in [0.717, 1.165) is 25.9 Å². The van der Waals surface area contributed by atoms with Gasteiger partial charge < -0.3 is 15.3 Å². The molecule has 0 aromatic heterocycles. The summed E-state index contributed by atoms with van der Waals surface area (Å²) in [4.78, 5) is 26.4. The number of benzene rings is 3. The summed E-state index contributed by atoms with van der Waals surface area (Å²) in [6, 6.07) is 18.4. The molecule has 0 spiro atoms. The number of carbonyl (C=O) groups is 1. The number of nitro groups is 1. The standard InChI is InChI=1S/C26H26ClN3O4/c1-17-11-13-29(14-12-17)23-10-7-19(15-24(23)30(33)34)26(32)28-22-9-8-20(27)16-21(22)25(31)18-5-3-2-4-6-18/h2-10,15-17,25,31H,11-14H2,1H3,(H,28,32)/t25-/m0/s1. The van der Waals surface area contributed by atoms with Gasteiger partial charge in [0.05, 0.1) is 4.92 Å².